The van der Waals surface area contributed by atoms with Gasteiger partial charge in [0.2, 0.25) is 0 Å². The molecule has 0 radical (unpaired) electrons. The number of aryl methyl sites for hydroxylation is 1. The molecule has 2 N–H and O–H groups in total. The van der Waals surface area contributed by atoms with E-state index in [1.54, 1.807) is 0 Å². The maximum atomic E-state index is 6.27. The molecule has 0 fully saturated rings. The first-order valence-corrected chi connectivity index (χ1v) is 5.52. The number of likely N-dealkylation sites (N-methyl/N-ethyl adjacent to an activating group) is 1. The molecule has 15 heavy (non-hydrogen) atoms. The van der Waals surface area contributed by atoms with Gasteiger partial charge in [0.25, 0.3) is 0 Å². The van der Waals surface area contributed by atoms with Gasteiger partial charge in [-0.15, -0.1) is 0 Å². The van der Waals surface area contributed by atoms with Crippen LogP contribution in [0.4, 0.5) is 0 Å². The van der Waals surface area contributed by atoms with Gasteiger partial charge in [0.15, 0.2) is 0 Å². The average molecular weight is 223 g/mol. The summed E-state index contributed by atoms with van der Waals surface area (Å²) < 4.78 is 0. The highest BCUT2D eigenvalue weighted by molar-refractivity contribution is 6.36. The molecule has 0 bridgehead atoms. The number of rotatable bonds is 3. The van der Waals surface area contributed by atoms with Crippen molar-refractivity contribution >= 4 is 22.5 Å². The van der Waals surface area contributed by atoms with Crippen LogP contribution in [-0.2, 0) is 6.42 Å². The number of H-pyrrole nitrogens is 1. The number of fused-ring (bicyclic) bond motifs is 1. The Labute approximate surface area is 94.6 Å². The van der Waals surface area contributed by atoms with E-state index in [2.05, 4.69) is 28.5 Å². The van der Waals surface area contributed by atoms with E-state index >= 15 is 0 Å². The minimum atomic E-state index is 0.858. The van der Waals surface area contributed by atoms with E-state index in [0.717, 1.165) is 29.2 Å². The van der Waals surface area contributed by atoms with Crippen LogP contribution in [0.5, 0.6) is 0 Å². The number of hydrogen-bond donors (Lipinski definition) is 2. The van der Waals surface area contributed by atoms with E-state index < -0.39 is 0 Å². The highest BCUT2D eigenvalue weighted by atomic mass is 35.5. The number of aromatic nitrogens is 1. The van der Waals surface area contributed by atoms with Crippen LogP contribution >= 0.6 is 11.6 Å². The smallest absolute Gasteiger partial charge is 0.0691 e. The summed E-state index contributed by atoms with van der Waals surface area (Å²) in [5.74, 6) is 0. The molecule has 0 saturated heterocycles. The molecular formula is C12H15ClN2. The van der Waals surface area contributed by atoms with Crippen molar-refractivity contribution in [3.05, 3.63) is 34.5 Å². The molecule has 0 aliphatic carbocycles. The van der Waals surface area contributed by atoms with Gasteiger partial charge < -0.3 is 10.3 Å². The summed E-state index contributed by atoms with van der Waals surface area (Å²) in [7, 11) is 1.96. The van der Waals surface area contributed by atoms with Crippen molar-refractivity contribution in [3.63, 3.8) is 0 Å². The molecule has 0 saturated carbocycles. The van der Waals surface area contributed by atoms with Gasteiger partial charge in [-0.25, -0.2) is 0 Å². The van der Waals surface area contributed by atoms with Crippen LogP contribution in [0.2, 0.25) is 5.02 Å². The third-order valence-corrected chi connectivity index (χ3v) is 3.14. The third-order valence-electron chi connectivity index (χ3n) is 2.67. The maximum absolute atomic E-state index is 6.27. The molecule has 0 spiro atoms. The lowest BCUT2D eigenvalue weighted by Gasteiger charge is -2.03. The van der Waals surface area contributed by atoms with Gasteiger partial charge in [0.05, 0.1) is 5.02 Å². The van der Waals surface area contributed by atoms with Crippen molar-refractivity contribution < 1.29 is 0 Å². The van der Waals surface area contributed by atoms with Crippen molar-refractivity contribution in [1.82, 2.24) is 10.3 Å². The molecule has 2 aromatic rings. The average Bonchev–Trinajstić information content (AvgIpc) is 2.53. The van der Waals surface area contributed by atoms with Gasteiger partial charge in [0.1, 0.15) is 0 Å². The van der Waals surface area contributed by atoms with Crippen LogP contribution in [0.1, 0.15) is 11.3 Å². The van der Waals surface area contributed by atoms with Gasteiger partial charge >= 0.3 is 0 Å². The van der Waals surface area contributed by atoms with Crippen LogP contribution in [0, 0.1) is 6.92 Å². The zero-order valence-corrected chi connectivity index (χ0v) is 9.78. The Hall–Kier alpha value is -0.990. The molecule has 0 aliphatic heterocycles. The first-order chi connectivity index (χ1) is 7.24. The topological polar surface area (TPSA) is 27.8 Å². The normalized spacial score (nSPS) is 11.1. The molecule has 2 nitrogen and oxygen atoms in total. The Bertz CT molecular complexity index is 474. The molecule has 0 amide bonds. The first-order valence-electron chi connectivity index (χ1n) is 5.14. The van der Waals surface area contributed by atoms with Crippen molar-refractivity contribution in [2.75, 3.05) is 13.6 Å². The minimum Gasteiger partial charge on any atom is -0.357 e. The second-order valence-corrected chi connectivity index (χ2v) is 4.14. The fourth-order valence-electron chi connectivity index (χ4n) is 1.88. The van der Waals surface area contributed by atoms with Gasteiger partial charge in [-0.1, -0.05) is 23.7 Å². The predicted octanol–water partition coefficient (Wildman–Crippen LogP) is 2.89. The molecule has 2 rings (SSSR count). The molecule has 1 aromatic heterocycles. The van der Waals surface area contributed by atoms with Crippen molar-refractivity contribution in [2.45, 2.75) is 13.3 Å². The van der Waals surface area contributed by atoms with Crippen molar-refractivity contribution in [3.8, 4) is 0 Å². The number of halogens is 1. The standard InChI is InChI=1S/C12H15ClN2/c1-8-12(13)11-9(6-7-14-2)4-3-5-10(11)15-8/h3-5,14-15H,6-7H2,1-2H3. The molecule has 1 aromatic carbocycles. The summed E-state index contributed by atoms with van der Waals surface area (Å²) in [5, 5.41) is 5.18. The van der Waals surface area contributed by atoms with Crippen LogP contribution in [0.25, 0.3) is 10.9 Å². The van der Waals surface area contributed by atoms with Crippen molar-refractivity contribution in [2.24, 2.45) is 0 Å². The number of benzene rings is 1. The summed E-state index contributed by atoms with van der Waals surface area (Å²) >= 11 is 6.27. The number of aromatic amines is 1. The molecule has 80 valence electrons. The second kappa shape index (κ2) is 4.25. The monoisotopic (exact) mass is 222 g/mol. The minimum absolute atomic E-state index is 0.858. The first kappa shape index (κ1) is 10.5. The largest absolute Gasteiger partial charge is 0.357 e. The number of nitrogens with one attached hydrogen (secondary N) is 2. The summed E-state index contributed by atoms with van der Waals surface area (Å²) in [6.07, 6.45) is 1.00. The van der Waals surface area contributed by atoms with E-state index in [9.17, 15) is 0 Å². The van der Waals surface area contributed by atoms with E-state index in [4.69, 9.17) is 11.6 Å². The van der Waals surface area contributed by atoms with Crippen LogP contribution in [0.15, 0.2) is 18.2 Å². The Balaban J connectivity index is 2.53. The second-order valence-electron chi connectivity index (χ2n) is 3.76. The third kappa shape index (κ3) is 1.87. The summed E-state index contributed by atoms with van der Waals surface area (Å²) in [4.78, 5) is 3.29. The van der Waals surface area contributed by atoms with E-state index in [1.165, 1.54) is 10.9 Å². The summed E-state index contributed by atoms with van der Waals surface area (Å²) in [5.41, 5.74) is 3.48. The number of hydrogen-bond acceptors (Lipinski definition) is 1. The maximum Gasteiger partial charge on any atom is 0.0691 e. The van der Waals surface area contributed by atoms with Gasteiger partial charge in [-0.05, 0) is 38.6 Å². The van der Waals surface area contributed by atoms with Crippen molar-refractivity contribution in [1.29, 1.82) is 0 Å². The Morgan fingerprint density at radius 1 is 1.40 bits per heavy atom. The molecule has 0 atom stereocenters. The zero-order chi connectivity index (χ0) is 10.8. The molecule has 1 heterocycles. The summed E-state index contributed by atoms with van der Waals surface area (Å²) in [6, 6.07) is 6.27. The van der Waals surface area contributed by atoms with Crippen LogP contribution in [0.3, 0.4) is 0 Å². The van der Waals surface area contributed by atoms with Gasteiger partial charge in [-0.2, -0.15) is 0 Å². The van der Waals surface area contributed by atoms with Crippen LogP contribution < -0.4 is 5.32 Å². The molecule has 0 unspecified atom stereocenters. The van der Waals surface area contributed by atoms with E-state index in [-0.39, 0.29) is 0 Å². The predicted molar refractivity (Wildman–Crippen MR) is 65.7 cm³/mol. The Morgan fingerprint density at radius 2 is 2.20 bits per heavy atom. The van der Waals surface area contributed by atoms with Crippen LogP contribution in [-0.4, -0.2) is 18.6 Å². The highest BCUT2D eigenvalue weighted by Gasteiger charge is 2.09. The fraction of sp³-hybridized carbons (Fsp3) is 0.333. The fourth-order valence-corrected chi connectivity index (χ4v) is 2.15. The van der Waals surface area contributed by atoms with E-state index in [0.29, 0.717) is 0 Å². The highest BCUT2D eigenvalue weighted by Crippen LogP contribution is 2.29. The molecule has 3 heteroatoms. The molecular weight excluding hydrogens is 208 g/mol. The van der Waals surface area contributed by atoms with Gasteiger partial charge in [-0.3, -0.25) is 0 Å². The van der Waals surface area contributed by atoms with E-state index in [1.807, 2.05) is 14.0 Å². The lowest BCUT2D eigenvalue weighted by atomic mass is 10.1. The van der Waals surface area contributed by atoms with Gasteiger partial charge in [0, 0.05) is 16.6 Å². The Morgan fingerprint density at radius 3 is 2.93 bits per heavy atom. The SMILES string of the molecule is CNCCc1cccc2[nH]c(C)c(Cl)c12. The quantitative estimate of drug-likeness (QED) is 0.821. The lowest BCUT2D eigenvalue weighted by Crippen LogP contribution is -2.10. The Kier molecular flexibility index (Phi) is 2.98. The molecule has 0 aliphatic rings. The lowest BCUT2D eigenvalue weighted by molar-refractivity contribution is 0.795. The summed E-state index contributed by atoms with van der Waals surface area (Å²) in [6.45, 7) is 2.98. The zero-order valence-electron chi connectivity index (χ0n) is 9.02.